The van der Waals surface area contributed by atoms with Gasteiger partial charge < -0.3 is 20.1 Å². The normalized spacial score (nSPS) is 13.2. The fraction of sp³-hybridized carbons (Fsp3) is 0.932. The van der Waals surface area contributed by atoms with E-state index in [0.717, 1.165) is 38.5 Å². The Kier molecular flexibility index (Phi) is 35.5. The Labute approximate surface area is 314 Å². The molecule has 302 valence electrons. The Morgan fingerprint density at radius 1 is 0.431 bits per heavy atom. The average molecular weight is 725 g/mol. The van der Waals surface area contributed by atoms with Crippen LogP contribution in [0.4, 0.5) is 0 Å². The highest BCUT2D eigenvalue weighted by atomic mass is 16.5. The first-order valence-corrected chi connectivity index (χ1v) is 22.1. The van der Waals surface area contributed by atoms with E-state index in [1.165, 1.54) is 173 Å². The zero-order valence-electron chi connectivity index (χ0n) is 33.7. The molecule has 0 aromatic rings. The average Bonchev–Trinajstić information content (AvgIpc) is 3.08. The maximum atomic E-state index is 12.7. The summed E-state index contributed by atoms with van der Waals surface area (Å²) < 4.78 is 5.67. The molecule has 2 unspecified atom stereocenters. The summed E-state index contributed by atoms with van der Waals surface area (Å²) in [6.45, 7) is 4.53. The van der Waals surface area contributed by atoms with Crippen LogP contribution in [0.5, 0.6) is 0 Å². The van der Waals surface area contributed by atoms with Gasteiger partial charge in [-0.25, -0.2) is 4.79 Å². The third-order valence-corrected chi connectivity index (χ3v) is 10.6. The summed E-state index contributed by atoms with van der Waals surface area (Å²) in [6.07, 6.45) is 42.0. The number of hydrogen-bond donors (Lipinski definition) is 3. The Morgan fingerprint density at radius 2 is 0.686 bits per heavy atom. The molecule has 0 bridgehead atoms. The number of esters is 1. The van der Waals surface area contributed by atoms with Crippen LogP contribution in [0.3, 0.4) is 0 Å². The molecule has 0 aromatic carbocycles. The van der Waals surface area contributed by atoms with Gasteiger partial charge in [0.15, 0.2) is 5.60 Å². The van der Waals surface area contributed by atoms with Gasteiger partial charge in [0.2, 0.25) is 0 Å². The standard InChI is InChI=1S/C44H84O7/c1-3-5-7-9-11-13-15-17-19-20-21-22-23-25-27-29-31-33-35-37-40(51-42(47)39-44(50,43(48)49)38-41(45)46)36-34-32-30-28-26-24-18-16-14-12-10-8-6-4-2/h40,50H,3-39H2,1-2H3,(H,45,46)(H,48,49). The molecule has 0 amide bonds. The fourth-order valence-electron chi connectivity index (χ4n) is 7.21. The molecule has 0 saturated carbocycles. The summed E-state index contributed by atoms with van der Waals surface area (Å²) in [6, 6.07) is 0. The van der Waals surface area contributed by atoms with Crippen LogP contribution in [0.2, 0.25) is 0 Å². The van der Waals surface area contributed by atoms with Crippen LogP contribution in [0, 0.1) is 0 Å². The molecule has 3 N–H and O–H groups in total. The molecule has 0 aliphatic rings. The molecule has 0 rings (SSSR count). The predicted molar refractivity (Wildman–Crippen MR) is 212 cm³/mol. The number of hydrogen-bond acceptors (Lipinski definition) is 5. The number of aliphatic carboxylic acids is 2. The summed E-state index contributed by atoms with van der Waals surface area (Å²) in [5, 5.41) is 28.7. The Balaban J connectivity index is 4.20. The molecular weight excluding hydrogens is 640 g/mol. The molecule has 7 nitrogen and oxygen atoms in total. The van der Waals surface area contributed by atoms with Crippen molar-refractivity contribution < 1.29 is 34.4 Å². The second-order valence-electron chi connectivity index (χ2n) is 15.7. The predicted octanol–water partition coefficient (Wildman–Crippen LogP) is 13.3. The summed E-state index contributed by atoms with van der Waals surface area (Å²) in [5.41, 5.74) is -2.66. The monoisotopic (exact) mass is 725 g/mol. The molecule has 0 fully saturated rings. The lowest BCUT2D eigenvalue weighted by Gasteiger charge is -2.23. The van der Waals surface area contributed by atoms with E-state index in [1.807, 2.05) is 0 Å². The lowest BCUT2D eigenvalue weighted by atomic mass is 9.95. The van der Waals surface area contributed by atoms with Gasteiger partial charge in [0.05, 0.1) is 12.8 Å². The smallest absolute Gasteiger partial charge is 0.336 e. The maximum Gasteiger partial charge on any atom is 0.336 e. The van der Waals surface area contributed by atoms with E-state index in [9.17, 15) is 24.6 Å². The van der Waals surface area contributed by atoms with Crippen LogP contribution in [0.15, 0.2) is 0 Å². The lowest BCUT2D eigenvalue weighted by molar-refractivity contribution is -0.173. The summed E-state index contributed by atoms with van der Waals surface area (Å²) >= 11 is 0. The molecule has 7 heteroatoms. The largest absolute Gasteiger partial charge is 0.481 e. The van der Waals surface area contributed by atoms with Gasteiger partial charge in [0, 0.05) is 0 Å². The van der Waals surface area contributed by atoms with Crippen molar-refractivity contribution in [2.24, 2.45) is 0 Å². The molecule has 0 radical (unpaired) electrons. The number of aliphatic hydroxyl groups is 1. The number of carbonyl (C=O) groups excluding carboxylic acids is 1. The third kappa shape index (κ3) is 33.9. The van der Waals surface area contributed by atoms with Gasteiger partial charge in [0.25, 0.3) is 0 Å². The molecule has 0 saturated heterocycles. The topological polar surface area (TPSA) is 121 Å². The van der Waals surface area contributed by atoms with E-state index in [-0.39, 0.29) is 6.10 Å². The first-order chi connectivity index (χ1) is 24.7. The Hall–Kier alpha value is -1.63. The van der Waals surface area contributed by atoms with Crippen molar-refractivity contribution in [3.63, 3.8) is 0 Å². The molecule has 0 aromatic heterocycles. The van der Waals surface area contributed by atoms with E-state index in [4.69, 9.17) is 9.84 Å². The maximum absolute atomic E-state index is 12.7. The van der Waals surface area contributed by atoms with Gasteiger partial charge in [-0.05, 0) is 25.7 Å². The van der Waals surface area contributed by atoms with Crippen LogP contribution in [-0.4, -0.2) is 44.9 Å². The first-order valence-electron chi connectivity index (χ1n) is 22.1. The van der Waals surface area contributed by atoms with Crippen LogP contribution in [0.1, 0.15) is 251 Å². The first kappa shape index (κ1) is 49.4. The quantitative estimate of drug-likeness (QED) is 0.0424. The summed E-state index contributed by atoms with van der Waals surface area (Å²) in [4.78, 5) is 35.3. The van der Waals surface area contributed by atoms with Crippen molar-refractivity contribution in [2.45, 2.75) is 263 Å². The van der Waals surface area contributed by atoms with Crippen molar-refractivity contribution in [1.82, 2.24) is 0 Å². The van der Waals surface area contributed by atoms with E-state index >= 15 is 0 Å². The van der Waals surface area contributed by atoms with Gasteiger partial charge in [0.1, 0.15) is 6.10 Å². The van der Waals surface area contributed by atoms with E-state index in [0.29, 0.717) is 12.8 Å². The highest BCUT2D eigenvalue weighted by Gasteiger charge is 2.41. The van der Waals surface area contributed by atoms with Crippen LogP contribution < -0.4 is 0 Å². The van der Waals surface area contributed by atoms with Crippen molar-refractivity contribution in [3.8, 4) is 0 Å². The highest BCUT2D eigenvalue weighted by molar-refractivity contribution is 5.88. The minimum Gasteiger partial charge on any atom is -0.481 e. The van der Waals surface area contributed by atoms with Gasteiger partial charge in [-0.15, -0.1) is 0 Å². The Bertz CT molecular complexity index is 800. The molecule has 0 heterocycles. The Morgan fingerprint density at radius 3 is 0.922 bits per heavy atom. The van der Waals surface area contributed by atoms with Gasteiger partial charge in [-0.1, -0.05) is 213 Å². The van der Waals surface area contributed by atoms with Gasteiger partial charge in [-0.3, -0.25) is 9.59 Å². The molecule has 51 heavy (non-hydrogen) atoms. The van der Waals surface area contributed by atoms with Crippen molar-refractivity contribution in [2.75, 3.05) is 0 Å². The third-order valence-electron chi connectivity index (χ3n) is 10.6. The second kappa shape index (κ2) is 36.7. The SMILES string of the molecule is CCCCCCCCCCCCCCCCCCCCCC(CCCCCCCCCCCCCCCC)OC(=O)CC(O)(CC(=O)O)C(=O)O. The molecule has 0 spiro atoms. The molecule has 0 aliphatic heterocycles. The van der Waals surface area contributed by atoms with Crippen LogP contribution in [-0.2, 0) is 19.1 Å². The zero-order chi connectivity index (χ0) is 37.7. The number of rotatable bonds is 41. The van der Waals surface area contributed by atoms with Gasteiger partial charge in [-0.2, -0.15) is 0 Å². The number of unbranched alkanes of at least 4 members (excludes halogenated alkanes) is 31. The highest BCUT2D eigenvalue weighted by Crippen LogP contribution is 2.22. The zero-order valence-corrected chi connectivity index (χ0v) is 33.7. The number of ether oxygens (including phenoxy) is 1. The lowest BCUT2D eigenvalue weighted by Crippen LogP contribution is -2.43. The summed E-state index contributed by atoms with van der Waals surface area (Å²) in [5.74, 6) is -4.03. The van der Waals surface area contributed by atoms with Gasteiger partial charge >= 0.3 is 17.9 Å². The van der Waals surface area contributed by atoms with Crippen molar-refractivity contribution in [1.29, 1.82) is 0 Å². The minimum atomic E-state index is -2.66. The summed E-state index contributed by atoms with van der Waals surface area (Å²) in [7, 11) is 0. The van der Waals surface area contributed by atoms with Crippen LogP contribution >= 0.6 is 0 Å². The van der Waals surface area contributed by atoms with E-state index in [1.54, 1.807) is 0 Å². The van der Waals surface area contributed by atoms with Crippen molar-refractivity contribution >= 4 is 17.9 Å². The molecule has 2 atom stereocenters. The molecule has 0 aliphatic carbocycles. The number of carboxylic acids is 2. The van der Waals surface area contributed by atoms with E-state index in [2.05, 4.69) is 13.8 Å². The van der Waals surface area contributed by atoms with Crippen molar-refractivity contribution in [3.05, 3.63) is 0 Å². The molecular formula is C44H84O7. The minimum absolute atomic E-state index is 0.330. The van der Waals surface area contributed by atoms with Crippen LogP contribution in [0.25, 0.3) is 0 Å². The number of carboxylic acid groups (broad SMARTS) is 2. The van der Waals surface area contributed by atoms with E-state index < -0.39 is 36.4 Å². The number of carbonyl (C=O) groups is 3. The fourth-order valence-corrected chi connectivity index (χ4v) is 7.21. The second-order valence-corrected chi connectivity index (χ2v) is 15.7.